The van der Waals surface area contributed by atoms with Gasteiger partial charge in [0.05, 0.1) is 39.6 Å². The van der Waals surface area contributed by atoms with Crippen LogP contribution in [0.3, 0.4) is 0 Å². The molecule has 74 heavy (non-hydrogen) atoms. The molecular weight excluding hydrogens is 1040 g/mol. The fraction of sp³-hybridized carbons (Fsp3) is 1.00. The zero-order valence-corrected chi connectivity index (χ0v) is 40.0. The van der Waals surface area contributed by atoms with Gasteiger partial charge >= 0.3 is 10.4 Å². The summed E-state index contributed by atoms with van der Waals surface area (Å²) in [7, 11) is -5.60. The minimum Gasteiger partial charge on any atom is -0.394 e. The highest BCUT2D eigenvalue weighted by molar-refractivity contribution is 7.80. The molecule has 22 aliphatic rings. The fourth-order valence-corrected chi connectivity index (χ4v) is 10.2. The topological polar surface area (TPSA) is 507 Å². The van der Waals surface area contributed by atoms with Crippen LogP contribution in [0.15, 0.2) is 0 Å². The van der Waals surface area contributed by atoms with Crippen LogP contribution in [0.25, 0.3) is 0 Å². The minimum atomic E-state index is -5.60. The van der Waals surface area contributed by atoms with Crippen molar-refractivity contribution in [3.63, 3.8) is 0 Å². The largest absolute Gasteiger partial charge is 0.397 e. The number of hydrogen-bond acceptors (Lipinski definition) is 32. The van der Waals surface area contributed by atoms with Crippen molar-refractivity contribution in [1.82, 2.24) is 0 Å². The summed E-state index contributed by atoms with van der Waals surface area (Å²) >= 11 is 0. The Hall–Kier alpha value is -1.29. The summed E-state index contributed by atoms with van der Waals surface area (Å²) in [5.74, 6) is 0. The van der Waals surface area contributed by atoms with Crippen LogP contribution in [0.5, 0.6) is 0 Å². The predicted molar refractivity (Wildman–Crippen MR) is 225 cm³/mol. The molecule has 0 radical (unpaired) electrons. The number of aliphatic hydroxyl groups is 16. The van der Waals surface area contributed by atoms with Gasteiger partial charge in [0.25, 0.3) is 0 Å². The third-order valence-corrected chi connectivity index (χ3v) is 14.1. The van der Waals surface area contributed by atoms with Crippen LogP contribution in [0.4, 0.5) is 0 Å². The molecular formula is C40H68O33S. The normalized spacial score (nSPS) is 50.9. The van der Waals surface area contributed by atoms with E-state index in [4.69, 9.17) is 65.8 Å². The van der Waals surface area contributed by atoms with Gasteiger partial charge in [-0.2, -0.15) is 8.42 Å². The molecule has 17 N–H and O–H groups in total. The van der Waals surface area contributed by atoms with Crippen LogP contribution in [0, 0.1) is 0 Å². The predicted octanol–water partition coefficient (Wildman–Crippen LogP) is -11.4. The number of hydrogen-bond donors (Lipinski definition) is 17. The third-order valence-electron chi connectivity index (χ3n) is 13.7. The lowest BCUT2D eigenvalue weighted by atomic mass is 9.94. The van der Waals surface area contributed by atoms with E-state index in [1.54, 1.807) is 6.92 Å². The number of rotatable bonds is 12. The first kappa shape index (κ1) is 60.4. The van der Waals surface area contributed by atoms with Gasteiger partial charge < -0.3 is 143 Å². The first-order chi connectivity index (χ1) is 35.1. The molecule has 0 aromatic carbocycles. The average molecular weight is 1110 g/mol. The molecule has 33 nitrogen and oxygen atoms in total. The van der Waals surface area contributed by atoms with Crippen LogP contribution in [0.1, 0.15) is 19.8 Å². The molecule has 432 valence electrons. The minimum absolute atomic E-state index is 0.129. The van der Waals surface area contributed by atoms with Crippen molar-refractivity contribution in [3.05, 3.63) is 0 Å². The lowest BCUT2D eigenvalue weighted by molar-refractivity contribution is -0.404. The Kier molecular flexibility index (Phi) is 21.1. The maximum atomic E-state index is 12.3. The highest BCUT2D eigenvalue weighted by Crippen LogP contribution is 2.39. The van der Waals surface area contributed by atoms with E-state index >= 15 is 0 Å². The summed E-state index contributed by atoms with van der Waals surface area (Å²) in [5.41, 5.74) is 0. The van der Waals surface area contributed by atoms with Gasteiger partial charge in [-0.1, -0.05) is 13.3 Å². The molecule has 0 amide bonds. The Labute approximate surface area is 420 Å². The van der Waals surface area contributed by atoms with Gasteiger partial charge in [-0.3, -0.25) is 4.55 Å². The third kappa shape index (κ3) is 12.7. The van der Waals surface area contributed by atoms with Crippen molar-refractivity contribution in [2.45, 2.75) is 204 Å². The molecule has 0 spiro atoms. The van der Waals surface area contributed by atoms with E-state index in [0.29, 0.717) is 12.8 Å². The summed E-state index contributed by atoms with van der Waals surface area (Å²) in [4.78, 5) is 0. The maximum absolute atomic E-state index is 12.3. The summed E-state index contributed by atoms with van der Waals surface area (Å²) < 4.78 is 114. The Morgan fingerprint density at radius 3 is 0.865 bits per heavy atom. The average Bonchev–Trinajstić information content (AvgIpc) is 3.37. The van der Waals surface area contributed by atoms with E-state index in [-0.39, 0.29) is 6.61 Å². The number of ether oxygens (including phenoxy) is 13. The molecule has 12 bridgehead atoms. The zero-order valence-electron chi connectivity index (χ0n) is 39.2. The summed E-state index contributed by atoms with van der Waals surface area (Å²) in [6, 6.07) is 0. The van der Waals surface area contributed by atoms with Crippen molar-refractivity contribution in [1.29, 1.82) is 0 Å². The highest BCUT2D eigenvalue weighted by Gasteiger charge is 2.59. The van der Waals surface area contributed by atoms with Gasteiger partial charge in [0.2, 0.25) is 0 Å². The van der Waals surface area contributed by atoms with Gasteiger partial charge in [-0.25, -0.2) is 4.18 Å². The molecule has 22 heterocycles. The SMILES string of the molecule is CCCCO[C@@H]1[C@@H](O)[C@H]2O[C@H]3[C@H](O)[C@@H](O)[C@@H](O[C@H]4[C@H](O)[C@@H](O)[C@@H](O[C@H]5[C@H](O)[C@@H](O)[C@@H](O[C@H]6[C@H](O)[C@@H](O)[C@@H](O[C@@H]7[C@H](OS(=O)(=O)O)[C@@H](O)[C@@H](O[C@H]1[C@@H](CO)O2)O[C@@H]7CO)O[C@@H]6CO)O[C@@H]5CO)O[C@@H]4CO)O[C@@H]3CO. The molecule has 0 unspecified atom stereocenters. The smallest absolute Gasteiger partial charge is 0.394 e. The first-order valence-electron chi connectivity index (χ1n) is 23.7. The first-order valence-corrected chi connectivity index (χ1v) is 25.1. The second-order valence-corrected chi connectivity index (χ2v) is 19.6. The van der Waals surface area contributed by atoms with Crippen molar-refractivity contribution < 1.29 is 160 Å². The zero-order chi connectivity index (χ0) is 54.1. The van der Waals surface area contributed by atoms with Crippen LogP contribution < -0.4 is 0 Å². The van der Waals surface area contributed by atoms with Crippen molar-refractivity contribution >= 4 is 10.4 Å². The van der Waals surface area contributed by atoms with Gasteiger partial charge in [0.15, 0.2) is 37.7 Å². The van der Waals surface area contributed by atoms with Gasteiger partial charge in [0, 0.05) is 6.61 Å². The molecule has 34 heteroatoms. The molecule has 22 saturated heterocycles. The molecule has 22 rings (SSSR count). The summed E-state index contributed by atoms with van der Waals surface area (Å²) in [6.45, 7) is -4.69. The van der Waals surface area contributed by atoms with Crippen molar-refractivity contribution in [2.24, 2.45) is 0 Å². The van der Waals surface area contributed by atoms with E-state index < -0.39 is 234 Å². The van der Waals surface area contributed by atoms with Crippen molar-refractivity contribution in [3.8, 4) is 0 Å². The fourth-order valence-electron chi connectivity index (χ4n) is 9.70. The molecule has 0 aromatic rings. The van der Waals surface area contributed by atoms with E-state index in [0.717, 1.165) is 0 Å². The Morgan fingerprint density at radius 2 is 0.595 bits per heavy atom. The standard InChI is InChI=1S/C40H68O33S/c1-2-3-4-60-33-25(55)39-65-15(9-45)31(33)71-40-26(56)34(73-74(57,58)59)32(16(10-46)66-40)72-38-24(54)20(50)29(13(7-43)64-38)69-36-22(52)18(48)27(11(5-41)62-36)67-35-21(51)17(47)28(12(6-42)61-35)68-37-23(53)19(49)30(70-39)14(8-44)63-37/h11-56H,2-10H2,1H3,(H,57,58,59)/t11-,12-,13-,14-,15-,16-,17-,18-,19-,20-,21-,22-,23-,24-,25-,26-,27-,28-,29-,30-,31+,32+,33-,34-,35-,36-,37-,38-,39-,40-/m1/s1. The molecule has 22 fully saturated rings. The quantitative estimate of drug-likeness (QED) is 0.0637. The van der Waals surface area contributed by atoms with E-state index in [1.165, 1.54) is 0 Å². The van der Waals surface area contributed by atoms with Crippen LogP contribution in [0.2, 0.25) is 0 Å². The van der Waals surface area contributed by atoms with E-state index in [2.05, 4.69) is 0 Å². The summed E-state index contributed by atoms with van der Waals surface area (Å²) in [5, 5.41) is 177. The summed E-state index contributed by atoms with van der Waals surface area (Å²) in [6.07, 6.45) is -59.5. The maximum Gasteiger partial charge on any atom is 0.397 e. The Morgan fingerprint density at radius 1 is 0.351 bits per heavy atom. The van der Waals surface area contributed by atoms with Crippen LogP contribution in [-0.4, -0.2) is 325 Å². The second kappa shape index (κ2) is 25.9. The lowest BCUT2D eigenvalue weighted by Crippen LogP contribution is -2.69. The van der Waals surface area contributed by atoms with Crippen molar-refractivity contribution in [2.75, 3.05) is 46.2 Å². The second-order valence-electron chi connectivity index (χ2n) is 18.5. The molecule has 22 aliphatic heterocycles. The number of aliphatic hydroxyl groups excluding tert-OH is 16. The van der Waals surface area contributed by atoms with E-state index in [9.17, 15) is 94.7 Å². The highest BCUT2D eigenvalue weighted by atomic mass is 32.3. The van der Waals surface area contributed by atoms with Gasteiger partial charge in [-0.15, -0.1) is 0 Å². The number of unbranched alkanes of at least 4 members (excludes halogenated alkanes) is 1. The monoisotopic (exact) mass is 1110 g/mol. The Balaban J connectivity index is 1.25. The molecule has 0 aliphatic carbocycles. The van der Waals surface area contributed by atoms with Crippen LogP contribution in [-0.2, 0) is 76.2 Å². The van der Waals surface area contributed by atoms with E-state index in [1.807, 2.05) is 0 Å². The lowest BCUT2D eigenvalue weighted by Gasteiger charge is -2.51. The van der Waals surface area contributed by atoms with Gasteiger partial charge in [0.1, 0.15) is 146 Å². The van der Waals surface area contributed by atoms with Gasteiger partial charge in [-0.05, 0) is 6.42 Å². The van der Waals surface area contributed by atoms with Crippen LogP contribution >= 0.6 is 0 Å². The molecule has 0 saturated carbocycles. The Bertz CT molecular complexity index is 1840. The molecule has 0 aromatic heterocycles. The molecule has 30 atom stereocenters.